The number of urea groups is 1. The number of anilines is 2. The first kappa shape index (κ1) is 17.4. The first-order valence-electron chi connectivity index (χ1n) is 8.76. The van der Waals surface area contributed by atoms with Crippen LogP contribution in [0.3, 0.4) is 0 Å². The second-order valence-electron chi connectivity index (χ2n) is 6.36. The Morgan fingerprint density at radius 1 is 0.926 bits per heavy atom. The van der Waals surface area contributed by atoms with Crippen molar-refractivity contribution in [3.63, 3.8) is 0 Å². The molecule has 1 fully saturated rings. The Hall–Kier alpha value is -3.03. The number of nitrogens with zero attached hydrogens (tertiary/aromatic N) is 2. The van der Waals surface area contributed by atoms with Gasteiger partial charge in [-0.3, -0.25) is 0 Å². The third kappa shape index (κ3) is 3.74. The van der Waals surface area contributed by atoms with E-state index in [1.54, 1.807) is 23.1 Å². The zero-order chi connectivity index (χ0) is 18.8. The first-order valence-corrected chi connectivity index (χ1v) is 8.76. The molecule has 0 spiro atoms. The van der Waals surface area contributed by atoms with Crippen molar-refractivity contribution in [2.24, 2.45) is 0 Å². The van der Waals surface area contributed by atoms with E-state index >= 15 is 0 Å². The van der Waals surface area contributed by atoms with E-state index in [2.05, 4.69) is 5.32 Å². The zero-order valence-electron chi connectivity index (χ0n) is 14.6. The number of halogens is 2. The van der Waals surface area contributed by atoms with Crippen molar-refractivity contribution >= 4 is 17.4 Å². The fourth-order valence-electron chi connectivity index (χ4n) is 3.21. The molecule has 0 aliphatic carbocycles. The fourth-order valence-corrected chi connectivity index (χ4v) is 3.21. The van der Waals surface area contributed by atoms with Gasteiger partial charge in [0, 0.05) is 44.0 Å². The maximum absolute atomic E-state index is 13.9. The van der Waals surface area contributed by atoms with Crippen LogP contribution in [-0.2, 0) is 0 Å². The van der Waals surface area contributed by atoms with Crippen LogP contribution in [0.4, 0.5) is 25.0 Å². The van der Waals surface area contributed by atoms with Gasteiger partial charge in [0.2, 0.25) is 0 Å². The molecule has 2 heterocycles. The van der Waals surface area contributed by atoms with E-state index in [9.17, 15) is 13.6 Å². The molecule has 2 aromatic rings. The van der Waals surface area contributed by atoms with Crippen LogP contribution in [0.15, 0.2) is 36.4 Å². The monoisotopic (exact) mass is 375 g/mol. The summed E-state index contributed by atoms with van der Waals surface area (Å²) in [7, 11) is 0. The molecule has 0 radical (unpaired) electrons. The summed E-state index contributed by atoms with van der Waals surface area (Å²) in [6, 6.07) is 8.56. The van der Waals surface area contributed by atoms with Crippen LogP contribution in [0.25, 0.3) is 0 Å². The molecular formula is C19H19F2N3O3. The standard InChI is InChI=1S/C19H19F2N3O3/c20-13-1-3-16(15(21)11-13)23-5-7-24(8-6-23)19(25)22-14-2-4-17-18(12-14)27-10-9-26-17/h1-4,11-12H,5-10H2,(H,22,25). The van der Waals surface area contributed by atoms with E-state index in [1.165, 1.54) is 12.1 Å². The van der Waals surface area contributed by atoms with E-state index in [0.29, 0.717) is 62.3 Å². The highest BCUT2D eigenvalue weighted by Crippen LogP contribution is 2.32. The van der Waals surface area contributed by atoms with Gasteiger partial charge in [-0.15, -0.1) is 0 Å². The van der Waals surface area contributed by atoms with Gasteiger partial charge < -0.3 is 24.6 Å². The summed E-state index contributed by atoms with van der Waals surface area (Å²) in [5, 5.41) is 2.84. The van der Waals surface area contributed by atoms with Crippen molar-refractivity contribution in [2.45, 2.75) is 0 Å². The molecule has 2 aliphatic rings. The van der Waals surface area contributed by atoms with E-state index in [4.69, 9.17) is 9.47 Å². The Bertz CT molecular complexity index is 854. The van der Waals surface area contributed by atoms with Gasteiger partial charge in [0.05, 0.1) is 5.69 Å². The molecule has 0 bridgehead atoms. The smallest absolute Gasteiger partial charge is 0.321 e. The summed E-state index contributed by atoms with van der Waals surface area (Å²) in [4.78, 5) is 16.0. The van der Waals surface area contributed by atoms with Crippen molar-refractivity contribution in [3.8, 4) is 11.5 Å². The van der Waals surface area contributed by atoms with E-state index in [-0.39, 0.29) is 6.03 Å². The molecule has 0 atom stereocenters. The lowest BCUT2D eigenvalue weighted by molar-refractivity contribution is 0.171. The molecule has 0 saturated carbocycles. The van der Waals surface area contributed by atoms with Gasteiger partial charge in [-0.05, 0) is 24.3 Å². The van der Waals surface area contributed by atoms with Crippen molar-refractivity contribution < 1.29 is 23.0 Å². The third-order valence-corrected chi connectivity index (χ3v) is 4.61. The summed E-state index contributed by atoms with van der Waals surface area (Å²) in [5.41, 5.74) is 0.972. The number of ether oxygens (including phenoxy) is 2. The number of carbonyl (C=O) groups is 1. The van der Waals surface area contributed by atoms with Crippen LogP contribution >= 0.6 is 0 Å². The molecule has 0 unspecified atom stereocenters. The average molecular weight is 375 g/mol. The predicted octanol–water partition coefficient (Wildman–Crippen LogP) is 3.09. The molecule has 1 N–H and O–H groups in total. The van der Waals surface area contributed by atoms with E-state index in [1.807, 2.05) is 4.90 Å². The molecule has 2 aromatic carbocycles. The number of hydrogen-bond donors (Lipinski definition) is 1. The zero-order valence-corrected chi connectivity index (χ0v) is 14.6. The summed E-state index contributed by atoms with van der Waals surface area (Å²) >= 11 is 0. The molecule has 27 heavy (non-hydrogen) atoms. The van der Waals surface area contributed by atoms with Gasteiger partial charge in [-0.1, -0.05) is 0 Å². The topological polar surface area (TPSA) is 54.0 Å². The van der Waals surface area contributed by atoms with E-state index in [0.717, 1.165) is 6.07 Å². The number of hydrogen-bond acceptors (Lipinski definition) is 4. The molecule has 142 valence electrons. The minimum absolute atomic E-state index is 0.231. The summed E-state index contributed by atoms with van der Waals surface area (Å²) < 4.78 is 38.0. The van der Waals surface area contributed by atoms with E-state index < -0.39 is 11.6 Å². The van der Waals surface area contributed by atoms with Gasteiger partial charge in [0.15, 0.2) is 11.5 Å². The lowest BCUT2D eigenvalue weighted by atomic mass is 10.2. The predicted molar refractivity (Wildman–Crippen MR) is 96.6 cm³/mol. The highest BCUT2D eigenvalue weighted by molar-refractivity contribution is 5.90. The molecule has 1 saturated heterocycles. The Kier molecular flexibility index (Phi) is 4.70. The Labute approximate surface area is 155 Å². The average Bonchev–Trinajstić information content (AvgIpc) is 2.68. The molecular weight excluding hydrogens is 356 g/mol. The normalized spacial score (nSPS) is 16.2. The third-order valence-electron chi connectivity index (χ3n) is 4.61. The number of fused-ring (bicyclic) bond motifs is 1. The second kappa shape index (κ2) is 7.30. The largest absolute Gasteiger partial charge is 0.486 e. The molecule has 0 aromatic heterocycles. The number of amides is 2. The lowest BCUT2D eigenvalue weighted by Crippen LogP contribution is -2.50. The highest BCUT2D eigenvalue weighted by Gasteiger charge is 2.23. The Morgan fingerprint density at radius 3 is 2.41 bits per heavy atom. The van der Waals surface area contributed by atoms with Crippen LogP contribution in [0.2, 0.25) is 0 Å². The SMILES string of the molecule is O=C(Nc1ccc2c(c1)OCCO2)N1CCN(c2ccc(F)cc2F)CC1. The number of piperazine rings is 1. The van der Waals surface area contributed by atoms with Crippen LogP contribution < -0.4 is 19.7 Å². The maximum atomic E-state index is 13.9. The molecule has 4 rings (SSSR count). The van der Waals surface area contributed by atoms with Gasteiger partial charge in [-0.25, -0.2) is 13.6 Å². The van der Waals surface area contributed by atoms with Crippen molar-refractivity contribution in [2.75, 3.05) is 49.6 Å². The quantitative estimate of drug-likeness (QED) is 0.877. The maximum Gasteiger partial charge on any atom is 0.321 e. The minimum atomic E-state index is -0.603. The number of carbonyl (C=O) groups excluding carboxylic acids is 1. The molecule has 2 aliphatic heterocycles. The van der Waals surface area contributed by atoms with Crippen LogP contribution in [0.5, 0.6) is 11.5 Å². The molecule has 2 amide bonds. The molecule has 6 nitrogen and oxygen atoms in total. The highest BCUT2D eigenvalue weighted by atomic mass is 19.1. The Balaban J connectivity index is 1.36. The van der Waals surface area contributed by atoms with Crippen molar-refractivity contribution in [1.82, 2.24) is 4.90 Å². The van der Waals surface area contributed by atoms with Gasteiger partial charge in [0.25, 0.3) is 0 Å². The number of rotatable bonds is 2. The summed E-state index contributed by atoms with van der Waals surface area (Å²) in [6.07, 6.45) is 0. The van der Waals surface area contributed by atoms with Crippen molar-refractivity contribution in [3.05, 3.63) is 48.0 Å². The number of nitrogens with one attached hydrogen (secondary N) is 1. The minimum Gasteiger partial charge on any atom is -0.486 e. The number of benzene rings is 2. The van der Waals surface area contributed by atoms with Crippen molar-refractivity contribution in [1.29, 1.82) is 0 Å². The second-order valence-corrected chi connectivity index (χ2v) is 6.36. The van der Waals surface area contributed by atoms with Gasteiger partial charge >= 0.3 is 6.03 Å². The Morgan fingerprint density at radius 2 is 1.67 bits per heavy atom. The van der Waals surface area contributed by atoms with Gasteiger partial charge in [0.1, 0.15) is 24.8 Å². The summed E-state index contributed by atoms with van der Waals surface area (Å²) in [5.74, 6) is 0.0720. The fraction of sp³-hybridized carbons (Fsp3) is 0.316. The van der Waals surface area contributed by atoms with Crippen LogP contribution in [0.1, 0.15) is 0 Å². The lowest BCUT2D eigenvalue weighted by Gasteiger charge is -2.36. The van der Waals surface area contributed by atoms with Gasteiger partial charge in [-0.2, -0.15) is 0 Å². The molecule has 8 heteroatoms. The summed E-state index contributed by atoms with van der Waals surface area (Å²) in [6.45, 7) is 2.80. The van der Waals surface area contributed by atoms with Crippen LogP contribution in [-0.4, -0.2) is 50.3 Å². The van der Waals surface area contributed by atoms with Crippen LogP contribution in [0, 0.1) is 11.6 Å². The first-order chi connectivity index (χ1) is 13.1.